The van der Waals surface area contributed by atoms with Crippen molar-refractivity contribution in [3.63, 3.8) is 0 Å². The molecule has 2 amide bonds. The predicted molar refractivity (Wildman–Crippen MR) is 92.6 cm³/mol. The van der Waals surface area contributed by atoms with E-state index in [0.717, 1.165) is 0 Å². The summed E-state index contributed by atoms with van der Waals surface area (Å²) in [5, 5.41) is 5.70. The molecule has 126 valence electrons. The number of ether oxygens (including phenoxy) is 1. The average molecular weight is 359 g/mol. The van der Waals surface area contributed by atoms with Crippen LogP contribution in [-0.4, -0.2) is 16.0 Å². The van der Waals surface area contributed by atoms with Gasteiger partial charge in [0.1, 0.15) is 0 Å². The van der Waals surface area contributed by atoms with E-state index in [-0.39, 0.29) is 11.8 Å². The SMILES string of the molecule is O=C(Nc1cnc(Oc2ccccc2F)nc1)Nc1cccc(Cl)c1. The first-order valence-electron chi connectivity index (χ1n) is 7.18. The summed E-state index contributed by atoms with van der Waals surface area (Å²) < 4.78 is 18.7. The molecule has 6 nitrogen and oxygen atoms in total. The number of hydrogen-bond acceptors (Lipinski definition) is 4. The van der Waals surface area contributed by atoms with Gasteiger partial charge in [-0.15, -0.1) is 0 Å². The third-order valence-electron chi connectivity index (χ3n) is 3.01. The molecule has 2 aromatic carbocycles. The maximum atomic E-state index is 13.5. The summed E-state index contributed by atoms with van der Waals surface area (Å²) in [6.45, 7) is 0. The molecule has 2 N–H and O–H groups in total. The Hall–Kier alpha value is -3.19. The van der Waals surface area contributed by atoms with Crippen LogP contribution < -0.4 is 15.4 Å². The van der Waals surface area contributed by atoms with Gasteiger partial charge in [0.25, 0.3) is 0 Å². The maximum absolute atomic E-state index is 13.5. The number of nitrogens with zero attached hydrogens (tertiary/aromatic N) is 2. The van der Waals surface area contributed by atoms with Gasteiger partial charge in [0.15, 0.2) is 11.6 Å². The van der Waals surface area contributed by atoms with Gasteiger partial charge in [0.05, 0.1) is 18.1 Å². The lowest BCUT2D eigenvalue weighted by atomic mass is 10.3. The molecule has 0 radical (unpaired) electrons. The fourth-order valence-corrected chi connectivity index (χ4v) is 2.11. The molecule has 1 heterocycles. The highest BCUT2D eigenvalue weighted by Crippen LogP contribution is 2.21. The molecule has 0 saturated heterocycles. The van der Waals surface area contributed by atoms with E-state index in [2.05, 4.69) is 20.6 Å². The van der Waals surface area contributed by atoms with Crippen molar-refractivity contribution in [2.45, 2.75) is 0 Å². The first-order valence-corrected chi connectivity index (χ1v) is 7.56. The molecule has 0 bridgehead atoms. The van der Waals surface area contributed by atoms with Crippen LogP contribution in [0.1, 0.15) is 0 Å². The number of halogens is 2. The number of para-hydroxylation sites is 1. The number of anilines is 2. The Balaban J connectivity index is 1.60. The Kier molecular flexibility index (Phi) is 5.06. The monoisotopic (exact) mass is 358 g/mol. The Morgan fingerprint density at radius 3 is 2.44 bits per heavy atom. The average Bonchev–Trinajstić information content (AvgIpc) is 2.58. The van der Waals surface area contributed by atoms with Crippen LogP contribution in [0.4, 0.5) is 20.6 Å². The fourth-order valence-electron chi connectivity index (χ4n) is 1.92. The molecular weight excluding hydrogens is 347 g/mol. The number of hydrogen-bond donors (Lipinski definition) is 2. The third kappa shape index (κ3) is 4.65. The molecule has 0 aliphatic carbocycles. The van der Waals surface area contributed by atoms with Gasteiger partial charge in [-0.25, -0.2) is 19.2 Å². The number of rotatable bonds is 4. The molecule has 8 heteroatoms. The van der Waals surface area contributed by atoms with Crippen molar-refractivity contribution in [2.24, 2.45) is 0 Å². The van der Waals surface area contributed by atoms with Gasteiger partial charge in [0.2, 0.25) is 0 Å². The topological polar surface area (TPSA) is 76.1 Å². The smallest absolute Gasteiger partial charge is 0.323 e. The normalized spacial score (nSPS) is 10.2. The lowest BCUT2D eigenvalue weighted by Crippen LogP contribution is -2.19. The third-order valence-corrected chi connectivity index (χ3v) is 3.24. The largest absolute Gasteiger partial charge is 0.421 e. The Labute approximate surface area is 147 Å². The first-order chi connectivity index (χ1) is 12.1. The van der Waals surface area contributed by atoms with Crippen molar-refractivity contribution in [1.82, 2.24) is 9.97 Å². The van der Waals surface area contributed by atoms with Crippen LogP contribution in [0.25, 0.3) is 0 Å². The van der Waals surface area contributed by atoms with Gasteiger partial charge in [0, 0.05) is 10.7 Å². The summed E-state index contributed by atoms with van der Waals surface area (Å²) >= 11 is 5.85. The maximum Gasteiger partial charge on any atom is 0.323 e. The number of nitrogens with one attached hydrogen (secondary N) is 2. The van der Waals surface area contributed by atoms with E-state index in [9.17, 15) is 9.18 Å². The zero-order valence-electron chi connectivity index (χ0n) is 12.7. The second-order valence-electron chi connectivity index (χ2n) is 4.88. The minimum atomic E-state index is -0.519. The summed E-state index contributed by atoms with van der Waals surface area (Å²) in [4.78, 5) is 19.8. The molecule has 0 atom stereocenters. The second kappa shape index (κ2) is 7.59. The van der Waals surface area contributed by atoms with E-state index in [0.29, 0.717) is 16.4 Å². The van der Waals surface area contributed by atoms with Gasteiger partial charge in [-0.3, -0.25) is 0 Å². The van der Waals surface area contributed by atoms with Crippen LogP contribution >= 0.6 is 11.6 Å². The van der Waals surface area contributed by atoms with Gasteiger partial charge in [-0.2, -0.15) is 0 Å². The lowest BCUT2D eigenvalue weighted by molar-refractivity contribution is 0.262. The van der Waals surface area contributed by atoms with Crippen LogP contribution in [0.3, 0.4) is 0 Å². The Bertz CT molecular complexity index is 890. The van der Waals surface area contributed by atoms with E-state index in [1.807, 2.05) is 0 Å². The number of urea groups is 1. The summed E-state index contributed by atoms with van der Waals surface area (Å²) in [7, 11) is 0. The fraction of sp³-hybridized carbons (Fsp3) is 0. The molecule has 0 aliphatic heterocycles. The number of benzene rings is 2. The Morgan fingerprint density at radius 1 is 1.00 bits per heavy atom. The molecule has 25 heavy (non-hydrogen) atoms. The van der Waals surface area contributed by atoms with Crippen molar-refractivity contribution >= 4 is 29.0 Å². The van der Waals surface area contributed by atoms with Crippen LogP contribution in [0.15, 0.2) is 60.9 Å². The zero-order chi connectivity index (χ0) is 17.6. The minimum Gasteiger partial charge on any atom is -0.421 e. The van der Waals surface area contributed by atoms with Crippen LogP contribution in [0, 0.1) is 5.82 Å². The van der Waals surface area contributed by atoms with Gasteiger partial charge in [-0.1, -0.05) is 29.8 Å². The van der Waals surface area contributed by atoms with Crippen LogP contribution in [0.2, 0.25) is 5.02 Å². The molecule has 3 aromatic rings. The van der Waals surface area contributed by atoms with Crippen molar-refractivity contribution in [3.8, 4) is 11.8 Å². The van der Waals surface area contributed by atoms with Crippen molar-refractivity contribution in [3.05, 3.63) is 71.8 Å². The van der Waals surface area contributed by atoms with Gasteiger partial charge < -0.3 is 15.4 Å². The molecule has 0 saturated carbocycles. The van der Waals surface area contributed by atoms with Crippen molar-refractivity contribution in [1.29, 1.82) is 0 Å². The standard InChI is InChI=1S/C17H12ClFN4O2/c18-11-4-3-5-12(8-11)22-16(24)23-13-9-20-17(21-10-13)25-15-7-2-1-6-14(15)19/h1-10H,(H2,22,23,24). The summed E-state index contributed by atoms with van der Waals surface area (Å²) in [5.74, 6) is -0.504. The van der Waals surface area contributed by atoms with Crippen LogP contribution in [-0.2, 0) is 0 Å². The van der Waals surface area contributed by atoms with E-state index in [1.165, 1.54) is 24.5 Å². The van der Waals surface area contributed by atoms with Crippen molar-refractivity contribution < 1.29 is 13.9 Å². The highest BCUT2D eigenvalue weighted by atomic mass is 35.5. The molecular formula is C17H12ClFN4O2. The van der Waals surface area contributed by atoms with E-state index < -0.39 is 11.8 Å². The Morgan fingerprint density at radius 2 is 1.72 bits per heavy atom. The predicted octanol–water partition coefficient (Wildman–Crippen LogP) is 4.71. The zero-order valence-corrected chi connectivity index (χ0v) is 13.5. The number of carbonyl (C=O) groups excluding carboxylic acids is 1. The van der Waals surface area contributed by atoms with Gasteiger partial charge in [-0.05, 0) is 30.3 Å². The molecule has 0 fully saturated rings. The first kappa shape index (κ1) is 16.7. The molecule has 0 aliphatic rings. The highest BCUT2D eigenvalue weighted by Gasteiger charge is 2.07. The molecule has 0 spiro atoms. The lowest BCUT2D eigenvalue weighted by Gasteiger charge is -2.08. The summed E-state index contributed by atoms with van der Waals surface area (Å²) in [6, 6.07) is 12.1. The van der Waals surface area contributed by atoms with E-state index in [1.54, 1.807) is 36.4 Å². The quantitative estimate of drug-likeness (QED) is 0.708. The molecule has 0 unspecified atom stereocenters. The molecule has 1 aromatic heterocycles. The van der Waals surface area contributed by atoms with Crippen LogP contribution in [0.5, 0.6) is 11.8 Å². The van der Waals surface area contributed by atoms with E-state index in [4.69, 9.17) is 16.3 Å². The molecule has 3 rings (SSSR count). The number of amides is 2. The summed E-state index contributed by atoms with van der Waals surface area (Å²) in [6.07, 6.45) is 2.70. The summed E-state index contributed by atoms with van der Waals surface area (Å²) in [5.41, 5.74) is 0.894. The second-order valence-corrected chi connectivity index (χ2v) is 5.31. The van der Waals surface area contributed by atoms with E-state index >= 15 is 0 Å². The number of carbonyl (C=O) groups is 1. The minimum absolute atomic E-state index is 0.0157. The van der Waals surface area contributed by atoms with Gasteiger partial charge >= 0.3 is 12.0 Å². The number of aromatic nitrogens is 2. The van der Waals surface area contributed by atoms with Crippen molar-refractivity contribution in [2.75, 3.05) is 10.6 Å². The highest BCUT2D eigenvalue weighted by molar-refractivity contribution is 6.30.